The Labute approximate surface area is 145 Å². The Bertz CT molecular complexity index is 736. The second kappa shape index (κ2) is 6.25. The zero-order valence-corrected chi connectivity index (χ0v) is 14.9. The minimum atomic E-state index is 0.221. The Balaban J connectivity index is 1.79. The van der Waals surface area contributed by atoms with E-state index in [2.05, 4.69) is 68.6 Å². The van der Waals surface area contributed by atoms with Gasteiger partial charge < -0.3 is 10.1 Å². The number of anilines is 1. The summed E-state index contributed by atoms with van der Waals surface area (Å²) in [6.45, 7) is 7.61. The summed E-state index contributed by atoms with van der Waals surface area (Å²) in [5.41, 5.74) is 6.78. The van der Waals surface area contributed by atoms with Gasteiger partial charge in [0.05, 0.1) is 12.1 Å². The van der Waals surface area contributed by atoms with E-state index >= 15 is 0 Å². The number of hydrogen-bond acceptors (Lipinski definition) is 2. The second-order valence-corrected chi connectivity index (χ2v) is 7.58. The van der Waals surface area contributed by atoms with Crippen LogP contribution in [0.1, 0.15) is 67.0 Å². The van der Waals surface area contributed by atoms with Gasteiger partial charge in [0.15, 0.2) is 0 Å². The summed E-state index contributed by atoms with van der Waals surface area (Å²) >= 11 is 0. The molecule has 0 bridgehead atoms. The Hall–Kier alpha value is -1.80. The molecule has 1 saturated heterocycles. The highest BCUT2D eigenvalue weighted by Crippen LogP contribution is 2.49. The quantitative estimate of drug-likeness (QED) is 0.760. The average Bonchev–Trinajstić information content (AvgIpc) is 2.61. The number of nitrogens with one attached hydrogen (secondary N) is 1. The zero-order chi connectivity index (χ0) is 16.7. The van der Waals surface area contributed by atoms with Crippen LogP contribution in [0, 0.1) is 12.8 Å². The summed E-state index contributed by atoms with van der Waals surface area (Å²) in [5, 5.41) is 3.84. The predicted octanol–water partition coefficient (Wildman–Crippen LogP) is 5.75. The fourth-order valence-electron chi connectivity index (χ4n) is 4.29. The Kier molecular flexibility index (Phi) is 4.09. The number of aryl methyl sites for hydroxylation is 1. The SMILES string of the molecule is Cc1ccccc1[C@@H]1Nc2ccc(C(C)C)cc2[C@H]2OCCC[C@H]21. The molecule has 0 amide bonds. The van der Waals surface area contributed by atoms with Gasteiger partial charge in [-0.15, -0.1) is 0 Å². The van der Waals surface area contributed by atoms with Crippen molar-refractivity contribution < 1.29 is 4.74 Å². The van der Waals surface area contributed by atoms with Gasteiger partial charge in [-0.3, -0.25) is 0 Å². The number of fused-ring (bicyclic) bond motifs is 3. The van der Waals surface area contributed by atoms with Gasteiger partial charge in [0.1, 0.15) is 0 Å². The van der Waals surface area contributed by atoms with Gasteiger partial charge in [0.2, 0.25) is 0 Å². The van der Waals surface area contributed by atoms with E-state index in [0.29, 0.717) is 17.9 Å². The smallest absolute Gasteiger partial charge is 0.0895 e. The van der Waals surface area contributed by atoms with Gasteiger partial charge in [0.25, 0.3) is 0 Å². The van der Waals surface area contributed by atoms with Crippen LogP contribution < -0.4 is 5.32 Å². The lowest BCUT2D eigenvalue weighted by Gasteiger charge is -2.44. The molecule has 24 heavy (non-hydrogen) atoms. The Morgan fingerprint density at radius 1 is 1.08 bits per heavy atom. The van der Waals surface area contributed by atoms with E-state index in [4.69, 9.17) is 4.74 Å². The first-order valence-electron chi connectivity index (χ1n) is 9.22. The van der Waals surface area contributed by atoms with Crippen LogP contribution >= 0.6 is 0 Å². The number of hydrogen-bond donors (Lipinski definition) is 1. The van der Waals surface area contributed by atoms with Crippen molar-refractivity contribution in [3.63, 3.8) is 0 Å². The van der Waals surface area contributed by atoms with E-state index < -0.39 is 0 Å². The maximum absolute atomic E-state index is 6.29. The Morgan fingerprint density at radius 2 is 1.92 bits per heavy atom. The largest absolute Gasteiger partial charge is 0.378 e. The third kappa shape index (κ3) is 2.63. The van der Waals surface area contributed by atoms with Gasteiger partial charge >= 0.3 is 0 Å². The van der Waals surface area contributed by atoms with E-state index in [0.717, 1.165) is 13.0 Å². The second-order valence-electron chi connectivity index (χ2n) is 7.58. The normalized spacial score (nSPS) is 25.8. The third-order valence-electron chi connectivity index (χ3n) is 5.68. The molecule has 2 heteroatoms. The number of ether oxygens (including phenoxy) is 1. The van der Waals surface area contributed by atoms with Crippen molar-refractivity contribution >= 4 is 5.69 Å². The molecule has 0 aliphatic carbocycles. The fraction of sp³-hybridized carbons (Fsp3) is 0.455. The van der Waals surface area contributed by atoms with Crippen molar-refractivity contribution in [2.24, 2.45) is 5.92 Å². The molecule has 2 heterocycles. The molecule has 0 radical (unpaired) electrons. The molecule has 0 spiro atoms. The maximum Gasteiger partial charge on any atom is 0.0895 e. The van der Waals surface area contributed by atoms with Crippen molar-refractivity contribution in [3.05, 3.63) is 64.7 Å². The van der Waals surface area contributed by atoms with Gasteiger partial charge in [0, 0.05) is 23.8 Å². The molecule has 2 aromatic rings. The molecule has 1 N–H and O–H groups in total. The first-order valence-corrected chi connectivity index (χ1v) is 9.22. The highest BCUT2D eigenvalue weighted by atomic mass is 16.5. The van der Waals surface area contributed by atoms with E-state index in [1.54, 1.807) is 0 Å². The van der Waals surface area contributed by atoms with Crippen molar-refractivity contribution in [2.45, 2.75) is 51.7 Å². The molecule has 126 valence electrons. The lowest BCUT2D eigenvalue weighted by molar-refractivity contribution is -0.0382. The van der Waals surface area contributed by atoms with Crippen LogP contribution in [0.3, 0.4) is 0 Å². The van der Waals surface area contributed by atoms with Gasteiger partial charge in [-0.05, 0) is 48.4 Å². The summed E-state index contributed by atoms with van der Waals surface area (Å²) in [4.78, 5) is 0. The summed E-state index contributed by atoms with van der Waals surface area (Å²) in [6, 6.07) is 16.0. The maximum atomic E-state index is 6.29. The summed E-state index contributed by atoms with van der Waals surface area (Å²) < 4.78 is 6.29. The molecular weight excluding hydrogens is 294 g/mol. The average molecular weight is 321 g/mol. The minimum Gasteiger partial charge on any atom is -0.378 e. The van der Waals surface area contributed by atoms with E-state index in [9.17, 15) is 0 Å². The zero-order valence-electron chi connectivity index (χ0n) is 14.9. The van der Waals surface area contributed by atoms with Crippen LogP contribution in [-0.4, -0.2) is 6.61 Å². The van der Waals surface area contributed by atoms with Crippen LogP contribution in [0.4, 0.5) is 5.69 Å². The molecule has 2 aliphatic heterocycles. The molecule has 1 fully saturated rings. The molecule has 3 atom stereocenters. The van der Waals surface area contributed by atoms with Crippen molar-refractivity contribution in [2.75, 3.05) is 11.9 Å². The minimum absolute atomic E-state index is 0.221. The summed E-state index contributed by atoms with van der Waals surface area (Å²) in [7, 11) is 0. The summed E-state index contributed by atoms with van der Waals surface area (Å²) in [6.07, 6.45) is 2.60. The molecular formula is C22H27NO. The molecule has 0 saturated carbocycles. The van der Waals surface area contributed by atoms with Crippen molar-refractivity contribution in [3.8, 4) is 0 Å². The number of rotatable bonds is 2. The van der Waals surface area contributed by atoms with Gasteiger partial charge in [-0.2, -0.15) is 0 Å². The number of benzene rings is 2. The summed E-state index contributed by atoms with van der Waals surface area (Å²) in [5.74, 6) is 1.06. The molecule has 0 aromatic heterocycles. The lowest BCUT2D eigenvalue weighted by Crippen LogP contribution is -2.36. The molecule has 0 unspecified atom stereocenters. The topological polar surface area (TPSA) is 21.3 Å². The van der Waals surface area contributed by atoms with Crippen LogP contribution in [-0.2, 0) is 4.74 Å². The Morgan fingerprint density at radius 3 is 2.71 bits per heavy atom. The van der Waals surface area contributed by atoms with Crippen LogP contribution in [0.25, 0.3) is 0 Å². The standard InChI is InChI=1S/C22H27NO/c1-14(2)16-10-11-20-19(13-16)22-18(9-6-12-24-22)21(23-20)17-8-5-4-7-15(17)3/h4-5,7-8,10-11,13-14,18,21-23H,6,9,12H2,1-3H3/t18-,21-,22-/m0/s1. The van der Waals surface area contributed by atoms with E-state index in [1.165, 1.54) is 34.4 Å². The van der Waals surface area contributed by atoms with Crippen LogP contribution in [0.5, 0.6) is 0 Å². The van der Waals surface area contributed by atoms with Crippen molar-refractivity contribution in [1.29, 1.82) is 0 Å². The fourth-order valence-corrected chi connectivity index (χ4v) is 4.29. The molecule has 2 aliphatic rings. The monoisotopic (exact) mass is 321 g/mol. The highest BCUT2D eigenvalue weighted by Gasteiger charge is 2.40. The predicted molar refractivity (Wildman–Crippen MR) is 99.5 cm³/mol. The molecule has 2 nitrogen and oxygen atoms in total. The van der Waals surface area contributed by atoms with E-state index in [-0.39, 0.29) is 6.10 Å². The third-order valence-corrected chi connectivity index (χ3v) is 5.68. The van der Waals surface area contributed by atoms with Crippen molar-refractivity contribution in [1.82, 2.24) is 0 Å². The lowest BCUT2D eigenvalue weighted by atomic mass is 9.76. The van der Waals surface area contributed by atoms with E-state index in [1.807, 2.05) is 0 Å². The van der Waals surface area contributed by atoms with Gasteiger partial charge in [-0.25, -0.2) is 0 Å². The first-order chi connectivity index (χ1) is 11.6. The molecule has 2 aromatic carbocycles. The highest BCUT2D eigenvalue weighted by molar-refractivity contribution is 5.59. The first kappa shape index (κ1) is 15.7. The van der Waals surface area contributed by atoms with Crippen LogP contribution in [0.2, 0.25) is 0 Å². The van der Waals surface area contributed by atoms with Crippen LogP contribution in [0.15, 0.2) is 42.5 Å². The molecule has 4 rings (SSSR count). The van der Waals surface area contributed by atoms with Gasteiger partial charge in [-0.1, -0.05) is 50.2 Å².